The van der Waals surface area contributed by atoms with Gasteiger partial charge in [-0.05, 0) is 18.4 Å². The van der Waals surface area contributed by atoms with Crippen LogP contribution in [-0.4, -0.2) is 23.6 Å². The van der Waals surface area contributed by atoms with E-state index in [2.05, 4.69) is 21.8 Å². The van der Waals surface area contributed by atoms with Gasteiger partial charge >= 0.3 is 0 Å². The molecular formula is C9H12N4S. The summed E-state index contributed by atoms with van der Waals surface area (Å²) in [5.74, 6) is 1.26. The summed E-state index contributed by atoms with van der Waals surface area (Å²) in [6, 6.07) is 2.03. The predicted molar refractivity (Wildman–Crippen MR) is 60.8 cm³/mol. The highest BCUT2D eigenvalue weighted by Crippen LogP contribution is 2.27. The third-order valence-electron chi connectivity index (χ3n) is 2.16. The number of hydrogen-bond donors (Lipinski definition) is 1. The molecule has 0 saturated heterocycles. The lowest BCUT2D eigenvalue weighted by molar-refractivity contribution is 0.943. The van der Waals surface area contributed by atoms with E-state index in [9.17, 15) is 0 Å². The summed E-state index contributed by atoms with van der Waals surface area (Å²) in [4.78, 5) is 11.4. The van der Waals surface area contributed by atoms with Crippen LogP contribution in [-0.2, 0) is 0 Å². The molecule has 2 N–H and O–H groups in total. The molecule has 0 aliphatic rings. The zero-order chi connectivity index (χ0) is 10.1. The number of nitrogens with zero attached hydrogens (tertiary/aromatic N) is 3. The second-order valence-corrected chi connectivity index (χ2v) is 3.95. The summed E-state index contributed by atoms with van der Waals surface area (Å²) in [5, 5.41) is 3.08. The molecule has 4 nitrogen and oxygen atoms in total. The highest BCUT2D eigenvalue weighted by Gasteiger charge is 2.09. The molecule has 0 unspecified atom stereocenters. The third kappa shape index (κ3) is 1.39. The summed E-state index contributed by atoms with van der Waals surface area (Å²) in [6.45, 7) is 2.98. The molecule has 0 fully saturated rings. The Balaban J connectivity index is 2.66. The van der Waals surface area contributed by atoms with Crippen molar-refractivity contribution in [2.45, 2.75) is 6.92 Å². The van der Waals surface area contributed by atoms with Crippen LogP contribution in [0.15, 0.2) is 11.4 Å². The van der Waals surface area contributed by atoms with Crippen molar-refractivity contribution in [2.75, 3.05) is 24.2 Å². The second-order valence-electron chi connectivity index (χ2n) is 3.06. The normalized spacial score (nSPS) is 10.7. The Kier molecular flexibility index (Phi) is 2.25. The van der Waals surface area contributed by atoms with Gasteiger partial charge in [0.2, 0.25) is 5.95 Å². The summed E-state index contributed by atoms with van der Waals surface area (Å²) in [5.41, 5.74) is 5.63. The third-order valence-corrected chi connectivity index (χ3v) is 2.96. The van der Waals surface area contributed by atoms with E-state index in [1.54, 1.807) is 11.3 Å². The van der Waals surface area contributed by atoms with Gasteiger partial charge in [-0.1, -0.05) is 0 Å². The number of nitrogens with two attached hydrogens (primary N) is 1. The van der Waals surface area contributed by atoms with Gasteiger partial charge in [-0.2, -0.15) is 4.98 Å². The van der Waals surface area contributed by atoms with Crippen molar-refractivity contribution in [1.29, 1.82) is 0 Å². The van der Waals surface area contributed by atoms with Gasteiger partial charge in [-0.3, -0.25) is 0 Å². The lowest BCUT2D eigenvalue weighted by Crippen LogP contribution is -2.18. The molecule has 0 atom stereocenters. The van der Waals surface area contributed by atoms with E-state index >= 15 is 0 Å². The van der Waals surface area contributed by atoms with Crippen LogP contribution in [0.5, 0.6) is 0 Å². The zero-order valence-electron chi connectivity index (χ0n) is 8.19. The molecule has 74 valence electrons. The highest BCUT2D eigenvalue weighted by molar-refractivity contribution is 7.16. The molecule has 0 amide bonds. The predicted octanol–water partition coefficient (Wildman–Crippen LogP) is 1.73. The lowest BCUT2D eigenvalue weighted by atomic mass is 10.3. The molecule has 0 aliphatic carbocycles. The van der Waals surface area contributed by atoms with Gasteiger partial charge in [0.1, 0.15) is 10.6 Å². The van der Waals surface area contributed by atoms with Crippen LogP contribution in [0.1, 0.15) is 6.92 Å². The first kappa shape index (κ1) is 9.21. The molecule has 2 heterocycles. The number of anilines is 2. The van der Waals surface area contributed by atoms with Crippen molar-refractivity contribution in [3.05, 3.63) is 11.4 Å². The van der Waals surface area contributed by atoms with Gasteiger partial charge in [0.05, 0.1) is 5.39 Å². The molecule has 0 radical (unpaired) electrons. The SMILES string of the molecule is CCN(C)c1nc(N)nc2sccc12. The summed E-state index contributed by atoms with van der Waals surface area (Å²) >= 11 is 1.59. The standard InChI is InChI=1S/C9H12N4S/c1-3-13(2)7-6-4-5-14-8(6)12-9(10)11-7/h4-5H,3H2,1-2H3,(H2,10,11,12). The van der Waals surface area contributed by atoms with E-state index in [4.69, 9.17) is 5.73 Å². The largest absolute Gasteiger partial charge is 0.368 e. The van der Waals surface area contributed by atoms with E-state index in [0.717, 1.165) is 22.6 Å². The highest BCUT2D eigenvalue weighted by atomic mass is 32.1. The van der Waals surface area contributed by atoms with E-state index in [1.165, 1.54) is 0 Å². The topological polar surface area (TPSA) is 55.0 Å². The maximum atomic E-state index is 5.63. The monoisotopic (exact) mass is 208 g/mol. The van der Waals surface area contributed by atoms with Crippen molar-refractivity contribution >= 4 is 33.3 Å². The molecule has 0 aliphatic heterocycles. The van der Waals surface area contributed by atoms with Crippen LogP contribution >= 0.6 is 11.3 Å². The molecule has 5 heteroatoms. The minimum Gasteiger partial charge on any atom is -0.368 e. The Morgan fingerprint density at radius 1 is 1.50 bits per heavy atom. The molecule has 2 rings (SSSR count). The van der Waals surface area contributed by atoms with Crippen molar-refractivity contribution in [2.24, 2.45) is 0 Å². The number of aromatic nitrogens is 2. The molecule has 0 aromatic carbocycles. The van der Waals surface area contributed by atoms with Gasteiger partial charge in [-0.25, -0.2) is 4.98 Å². The van der Waals surface area contributed by atoms with Crippen molar-refractivity contribution in [1.82, 2.24) is 9.97 Å². The van der Waals surface area contributed by atoms with Crippen molar-refractivity contribution in [3.8, 4) is 0 Å². The lowest BCUT2D eigenvalue weighted by Gasteiger charge is -2.16. The van der Waals surface area contributed by atoms with E-state index < -0.39 is 0 Å². The second kappa shape index (κ2) is 3.42. The average Bonchev–Trinajstić information content (AvgIpc) is 2.62. The summed E-state index contributed by atoms with van der Waals surface area (Å²) in [6.07, 6.45) is 0. The maximum Gasteiger partial charge on any atom is 0.223 e. The Hall–Kier alpha value is -1.36. The van der Waals surface area contributed by atoms with Crippen LogP contribution in [0.4, 0.5) is 11.8 Å². The quantitative estimate of drug-likeness (QED) is 0.816. The Morgan fingerprint density at radius 3 is 3.00 bits per heavy atom. The molecule has 2 aromatic heterocycles. The van der Waals surface area contributed by atoms with Gasteiger partial charge in [0, 0.05) is 13.6 Å². The fourth-order valence-electron chi connectivity index (χ4n) is 1.30. The van der Waals surface area contributed by atoms with Gasteiger partial charge in [0.25, 0.3) is 0 Å². The van der Waals surface area contributed by atoms with Crippen LogP contribution in [0.2, 0.25) is 0 Å². The van der Waals surface area contributed by atoms with Crippen LogP contribution < -0.4 is 10.6 Å². The molecular weight excluding hydrogens is 196 g/mol. The van der Waals surface area contributed by atoms with Crippen LogP contribution in [0.3, 0.4) is 0 Å². The maximum absolute atomic E-state index is 5.63. The summed E-state index contributed by atoms with van der Waals surface area (Å²) in [7, 11) is 2.00. The first-order valence-electron chi connectivity index (χ1n) is 4.44. The van der Waals surface area contributed by atoms with Gasteiger partial charge in [-0.15, -0.1) is 11.3 Å². The molecule has 14 heavy (non-hydrogen) atoms. The Labute approximate surface area is 86.4 Å². The van der Waals surface area contributed by atoms with E-state index in [-0.39, 0.29) is 0 Å². The fraction of sp³-hybridized carbons (Fsp3) is 0.333. The molecule has 0 bridgehead atoms. The van der Waals surface area contributed by atoms with Crippen LogP contribution in [0, 0.1) is 0 Å². The smallest absolute Gasteiger partial charge is 0.223 e. The number of thiophene rings is 1. The first-order chi connectivity index (χ1) is 6.72. The average molecular weight is 208 g/mol. The van der Waals surface area contributed by atoms with Gasteiger partial charge < -0.3 is 10.6 Å². The Bertz CT molecular complexity index is 451. The number of fused-ring (bicyclic) bond motifs is 1. The minimum absolute atomic E-state index is 0.343. The number of nitrogen functional groups attached to an aromatic ring is 1. The van der Waals surface area contributed by atoms with Gasteiger partial charge in [0.15, 0.2) is 0 Å². The number of hydrogen-bond acceptors (Lipinski definition) is 5. The zero-order valence-corrected chi connectivity index (χ0v) is 9.01. The molecule has 2 aromatic rings. The molecule has 0 saturated carbocycles. The van der Waals surface area contributed by atoms with Crippen molar-refractivity contribution in [3.63, 3.8) is 0 Å². The van der Waals surface area contributed by atoms with E-state index in [1.807, 2.05) is 18.5 Å². The molecule has 0 spiro atoms. The fourth-order valence-corrected chi connectivity index (χ4v) is 2.06. The summed E-state index contributed by atoms with van der Waals surface area (Å²) < 4.78 is 0. The minimum atomic E-state index is 0.343. The van der Waals surface area contributed by atoms with Crippen molar-refractivity contribution < 1.29 is 0 Å². The van der Waals surface area contributed by atoms with E-state index in [0.29, 0.717) is 5.95 Å². The number of rotatable bonds is 2. The van der Waals surface area contributed by atoms with Crippen LogP contribution in [0.25, 0.3) is 10.2 Å². The Morgan fingerprint density at radius 2 is 2.29 bits per heavy atom. The first-order valence-corrected chi connectivity index (χ1v) is 5.32.